The molecule has 1 amide bonds. The second kappa shape index (κ2) is 7.14. The van der Waals surface area contributed by atoms with E-state index in [1.165, 1.54) is 0 Å². The summed E-state index contributed by atoms with van der Waals surface area (Å²) >= 11 is 0. The molecule has 0 aliphatic carbocycles. The van der Waals surface area contributed by atoms with Crippen LogP contribution in [0.5, 0.6) is 0 Å². The van der Waals surface area contributed by atoms with E-state index in [2.05, 4.69) is 20.3 Å². The molecule has 7 nitrogen and oxygen atoms in total. The summed E-state index contributed by atoms with van der Waals surface area (Å²) < 4.78 is 5.37. The number of hydrogen-bond donors (Lipinski definition) is 1. The molecule has 2 aromatic rings. The van der Waals surface area contributed by atoms with E-state index in [0.717, 1.165) is 24.9 Å². The molecular formula is C18H23N5O2. The number of likely N-dealkylation sites (tertiary alicyclic amines) is 1. The number of carbonyl (C=O) groups excluding carboxylic acids is 1. The van der Waals surface area contributed by atoms with E-state index in [1.54, 1.807) is 45.7 Å². The Labute approximate surface area is 147 Å². The van der Waals surface area contributed by atoms with Gasteiger partial charge in [0.05, 0.1) is 12.2 Å². The maximum Gasteiger partial charge on any atom is 0.254 e. The van der Waals surface area contributed by atoms with Crippen LogP contribution in [0.4, 0.5) is 11.6 Å². The monoisotopic (exact) mass is 341 g/mol. The van der Waals surface area contributed by atoms with Crippen LogP contribution < -0.4 is 5.32 Å². The molecule has 1 aliphatic rings. The molecule has 1 N–H and O–H groups in total. The van der Waals surface area contributed by atoms with Crippen LogP contribution in [0.15, 0.2) is 36.9 Å². The van der Waals surface area contributed by atoms with Crippen molar-refractivity contribution >= 4 is 17.5 Å². The van der Waals surface area contributed by atoms with Crippen LogP contribution in [0.1, 0.15) is 38.3 Å². The second-order valence-electron chi connectivity index (χ2n) is 6.56. The van der Waals surface area contributed by atoms with Crippen LogP contribution in [0.25, 0.3) is 0 Å². The highest BCUT2D eigenvalue weighted by atomic mass is 16.5. The number of pyridine rings is 1. The minimum absolute atomic E-state index is 0.0118. The summed E-state index contributed by atoms with van der Waals surface area (Å²) in [6.45, 7) is 4.35. The molecule has 1 fully saturated rings. The van der Waals surface area contributed by atoms with Crippen molar-refractivity contribution in [3.8, 4) is 0 Å². The summed E-state index contributed by atoms with van der Waals surface area (Å²) in [5, 5.41) is 3.14. The average molecular weight is 341 g/mol. The molecule has 0 spiro atoms. The fourth-order valence-electron chi connectivity index (χ4n) is 3.01. The molecule has 1 saturated heterocycles. The summed E-state index contributed by atoms with van der Waals surface area (Å²) in [7, 11) is 1.57. The Bertz CT molecular complexity index is 735. The molecule has 0 unspecified atom stereocenters. The molecule has 2 aromatic heterocycles. The van der Waals surface area contributed by atoms with Crippen LogP contribution in [0.3, 0.4) is 0 Å². The zero-order valence-electron chi connectivity index (χ0n) is 14.8. The highest BCUT2D eigenvalue weighted by molar-refractivity contribution is 5.85. The van der Waals surface area contributed by atoms with E-state index in [4.69, 9.17) is 4.74 Å². The zero-order chi connectivity index (χ0) is 17.9. The van der Waals surface area contributed by atoms with Gasteiger partial charge in [-0.15, -0.1) is 0 Å². The predicted molar refractivity (Wildman–Crippen MR) is 94.3 cm³/mol. The normalized spacial score (nSPS) is 17.6. The van der Waals surface area contributed by atoms with Gasteiger partial charge in [-0.05, 0) is 44.4 Å². The van der Waals surface area contributed by atoms with Gasteiger partial charge >= 0.3 is 0 Å². The molecule has 0 aromatic carbocycles. The van der Waals surface area contributed by atoms with Crippen LogP contribution in [-0.2, 0) is 9.53 Å². The van der Waals surface area contributed by atoms with Crippen LogP contribution in [-0.4, -0.2) is 45.0 Å². The van der Waals surface area contributed by atoms with Crippen molar-refractivity contribution in [1.82, 2.24) is 19.9 Å². The number of nitrogens with one attached hydrogen (secondary N) is 1. The number of methoxy groups -OCH3 is 1. The Balaban J connectivity index is 1.81. The Morgan fingerprint density at radius 2 is 2.08 bits per heavy atom. The van der Waals surface area contributed by atoms with Crippen molar-refractivity contribution in [3.63, 3.8) is 0 Å². The first-order valence-electron chi connectivity index (χ1n) is 8.36. The van der Waals surface area contributed by atoms with Gasteiger partial charge in [0.25, 0.3) is 5.91 Å². The molecule has 0 bridgehead atoms. The third-order valence-corrected chi connectivity index (χ3v) is 4.53. The molecule has 3 rings (SSSR count). The number of hydrogen-bond acceptors (Lipinski definition) is 6. The standard InChI is InChI=1S/C18H23N5O2/c1-18(2,25-3)17(24)23-10-4-5-14(23)13-6-7-20-15(11-13)22-16-12-19-8-9-21-16/h6-9,11-12,14H,4-5,10H2,1-3H3,(H,20,21,22)/t14-/m0/s1. The van der Waals surface area contributed by atoms with Gasteiger partial charge in [0.2, 0.25) is 0 Å². The molecule has 1 atom stereocenters. The first kappa shape index (κ1) is 17.3. The number of aromatic nitrogens is 3. The van der Waals surface area contributed by atoms with Gasteiger partial charge in [-0.2, -0.15) is 0 Å². The lowest BCUT2D eigenvalue weighted by molar-refractivity contribution is -0.152. The highest BCUT2D eigenvalue weighted by Gasteiger charge is 2.38. The van der Waals surface area contributed by atoms with E-state index in [1.807, 2.05) is 17.0 Å². The van der Waals surface area contributed by atoms with Gasteiger partial charge in [0.15, 0.2) is 0 Å². The van der Waals surface area contributed by atoms with E-state index in [9.17, 15) is 4.79 Å². The number of amides is 1. The Hall–Kier alpha value is -2.54. The first-order valence-corrected chi connectivity index (χ1v) is 8.36. The number of nitrogens with zero attached hydrogens (tertiary/aromatic N) is 4. The average Bonchev–Trinajstić information content (AvgIpc) is 3.11. The summed E-state index contributed by atoms with van der Waals surface area (Å²) in [4.78, 5) is 27.3. The van der Waals surface area contributed by atoms with Gasteiger partial charge in [-0.25, -0.2) is 9.97 Å². The van der Waals surface area contributed by atoms with Crippen LogP contribution in [0.2, 0.25) is 0 Å². The number of carbonyl (C=O) groups is 1. The summed E-state index contributed by atoms with van der Waals surface area (Å²) in [6.07, 6.45) is 8.54. The number of ether oxygens (including phenoxy) is 1. The van der Waals surface area contributed by atoms with E-state index in [0.29, 0.717) is 11.6 Å². The highest BCUT2D eigenvalue weighted by Crippen LogP contribution is 2.34. The van der Waals surface area contributed by atoms with Gasteiger partial charge < -0.3 is 15.0 Å². The lowest BCUT2D eigenvalue weighted by Crippen LogP contribution is -2.46. The van der Waals surface area contributed by atoms with Crippen LogP contribution in [0, 0.1) is 0 Å². The third-order valence-electron chi connectivity index (χ3n) is 4.53. The molecule has 0 saturated carbocycles. The molecule has 3 heterocycles. The third kappa shape index (κ3) is 3.76. The number of anilines is 2. The molecule has 1 aliphatic heterocycles. The molecule has 0 radical (unpaired) electrons. The Kier molecular flexibility index (Phi) is 4.94. The van der Waals surface area contributed by atoms with Gasteiger partial charge in [0, 0.05) is 32.2 Å². The maximum absolute atomic E-state index is 12.8. The van der Waals surface area contributed by atoms with Gasteiger partial charge in [-0.1, -0.05) is 0 Å². The minimum atomic E-state index is -0.823. The van der Waals surface area contributed by atoms with Gasteiger partial charge in [-0.3, -0.25) is 9.78 Å². The van der Waals surface area contributed by atoms with Crippen molar-refractivity contribution < 1.29 is 9.53 Å². The Morgan fingerprint density at radius 3 is 2.80 bits per heavy atom. The lowest BCUT2D eigenvalue weighted by Gasteiger charge is -2.32. The molecule has 7 heteroatoms. The molecule has 132 valence electrons. The van der Waals surface area contributed by atoms with Crippen molar-refractivity contribution in [2.24, 2.45) is 0 Å². The van der Waals surface area contributed by atoms with Crippen molar-refractivity contribution in [3.05, 3.63) is 42.5 Å². The van der Waals surface area contributed by atoms with Crippen molar-refractivity contribution in [1.29, 1.82) is 0 Å². The molecular weight excluding hydrogens is 318 g/mol. The summed E-state index contributed by atoms with van der Waals surface area (Å²) in [6, 6.07) is 3.95. The SMILES string of the molecule is COC(C)(C)C(=O)N1CCC[C@H]1c1ccnc(Nc2cnccn2)c1. The van der Waals surface area contributed by atoms with Crippen molar-refractivity contribution in [2.45, 2.75) is 38.3 Å². The largest absolute Gasteiger partial charge is 0.369 e. The van der Waals surface area contributed by atoms with E-state index >= 15 is 0 Å². The summed E-state index contributed by atoms with van der Waals surface area (Å²) in [5.41, 5.74) is 0.232. The first-order chi connectivity index (χ1) is 12.0. The van der Waals surface area contributed by atoms with Gasteiger partial charge in [0.1, 0.15) is 17.2 Å². The molecule has 25 heavy (non-hydrogen) atoms. The zero-order valence-corrected chi connectivity index (χ0v) is 14.8. The maximum atomic E-state index is 12.8. The lowest BCUT2D eigenvalue weighted by atomic mass is 10.0. The minimum Gasteiger partial charge on any atom is -0.369 e. The van der Waals surface area contributed by atoms with E-state index in [-0.39, 0.29) is 11.9 Å². The topological polar surface area (TPSA) is 80.2 Å². The summed E-state index contributed by atoms with van der Waals surface area (Å²) in [5.74, 6) is 1.33. The quantitative estimate of drug-likeness (QED) is 0.901. The fraction of sp³-hybridized carbons (Fsp3) is 0.444. The second-order valence-corrected chi connectivity index (χ2v) is 6.56. The van der Waals surface area contributed by atoms with Crippen molar-refractivity contribution in [2.75, 3.05) is 19.0 Å². The predicted octanol–water partition coefficient (Wildman–Crippen LogP) is 2.70. The van der Waals surface area contributed by atoms with E-state index < -0.39 is 5.60 Å². The fourth-order valence-corrected chi connectivity index (χ4v) is 3.01. The Morgan fingerprint density at radius 1 is 1.28 bits per heavy atom. The van der Waals surface area contributed by atoms with Crippen LogP contribution >= 0.6 is 0 Å². The number of rotatable bonds is 5. The smallest absolute Gasteiger partial charge is 0.254 e.